The summed E-state index contributed by atoms with van der Waals surface area (Å²) in [6.45, 7) is 0.591. The Hall–Kier alpha value is -2.83. The van der Waals surface area contributed by atoms with Crippen molar-refractivity contribution in [1.29, 1.82) is 0 Å². The summed E-state index contributed by atoms with van der Waals surface area (Å²) in [5, 5.41) is 2.19. The summed E-state index contributed by atoms with van der Waals surface area (Å²) in [7, 11) is 0. The molecule has 1 aromatic rings. The van der Waals surface area contributed by atoms with Crippen LogP contribution in [0.25, 0.3) is 6.08 Å². The maximum atomic E-state index is 13.4. The van der Waals surface area contributed by atoms with Gasteiger partial charge >= 0.3 is 18.3 Å². The van der Waals surface area contributed by atoms with Crippen LogP contribution >= 0.6 is 15.9 Å². The highest BCUT2D eigenvalue weighted by Crippen LogP contribution is 2.40. The van der Waals surface area contributed by atoms with Crippen LogP contribution in [0.1, 0.15) is 24.0 Å². The van der Waals surface area contributed by atoms with E-state index in [-0.39, 0.29) is 24.5 Å². The summed E-state index contributed by atoms with van der Waals surface area (Å²) >= 11 is 3.23. The Kier molecular flexibility index (Phi) is 8.65. The van der Waals surface area contributed by atoms with Gasteiger partial charge in [0.15, 0.2) is 5.34 Å². The minimum absolute atomic E-state index is 0.00349. The van der Waals surface area contributed by atoms with Crippen molar-refractivity contribution in [3.05, 3.63) is 38.2 Å². The van der Waals surface area contributed by atoms with Crippen LogP contribution in [0.3, 0.4) is 0 Å². The molecule has 0 saturated carbocycles. The van der Waals surface area contributed by atoms with E-state index in [1.165, 1.54) is 6.07 Å². The van der Waals surface area contributed by atoms with Gasteiger partial charge in [-0.3, -0.25) is 0 Å². The number of halogens is 4. The molecule has 1 aliphatic heterocycles. The van der Waals surface area contributed by atoms with Gasteiger partial charge < -0.3 is 23.8 Å². The Balaban J connectivity index is 1.95. The molecule has 1 aromatic carbocycles. The number of rotatable bonds is 9. The lowest BCUT2D eigenvalue weighted by Gasteiger charge is -2.28. The number of hydrogen-bond acceptors (Lipinski definition) is 9. The maximum Gasteiger partial charge on any atom is 0.511 e. The number of hydrogen-bond donors (Lipinski definition) is 0. The van der Waals surface area contributed by atoms with E-state index in [1.807, 2.05) is 0 Å². The number of nitrogens with zero attached hydrogens (tertiary/aromatic N) is 1. The highest BCUT2D eigenvalue weighted by molar-refractivity contribution is 9.10. The average Bonchev–Trinajstić information content (AvgIpc) is 2.68. The van der Waals surface area contributed by atoms with E-state index in [2.05, 4.69) is 40.3 Å². The zero-order chi connectivity index (χ0) is 23.0. The van der Waals surface area contributed by atoms with Crippen LogP contribution in [-0.4, -0.2) is 44.4 Å². The standard InChI is InChI=1S/C18H17BrF3NO8/c1-10-6-12(19)7-11-8-13(15(18(20,21)22)31-14(10)11)16(24)28-9-29-17(25)27-4-2-3-5-30-23-26/h6-8,15H,2-5,9H2,1H3/t15-/m0/s1. The monoisotopic (exact) mass is 511 g/mol. The molecular weight excluding hydrogens is 495 g/mol. The molecule has 0 aliphatic carbocycles. The Labute approximate surface area is 182 Å². The molecule has 2 rings (SSSR count). The van der Waals surface area contributed by atoms with Crippen molar-refractivity contribution >= 4 is 34.1 Å². The number of carbonyl (C=O) groups excluding carboxylic acids is 2. The second-order valence-electron chi connectivity index (χ2n) is 6.19. The molecular formula is C18H17BrF3NO8. The summed E-state index contributed by atoms with van der Waals surface area (Å²) in [6, 6.07) is 3.07. The number of carbonyl (C=O) groups is 2. The highest BCUT2D eigenvalue weighted by Gasteiger charge is 2.49. The number of unbranched alkanes of at least 4 members (excludes halogenated alkanes) is 1. The van der Waals surface area contributed by atoms with Crippen LogP contribution in [0.15, 0.2) is 27.5 Å². The Morgan fingerprint density at radius 2 is 1.87 bits per heavy atom. The van der Waals surface area contributed by atoms with Crippen molar-refractivity contribution in [2.75, 3.05) is 20.0 Å². The summed E-state index contributed by atoms with van der Waals surface area (Å²) in [4.78, 5) is 37.5. The van der Waals surface area contributed by atoms with E-state index in [4.69, 9.17) is 4.74 Å². The SMILES string of the molecule is Cc1cc(Br)cc2c1O[C@H](C(F)(F)F)C(C(=O)OCOC(=O)OCCCCON=O)=C2. The van der Waals surface area contributed by atoms with Crippen molar-refractivity contribution in [1.82, 2.24) is 0 Å². The zero-order valence-corrected chi connectivity index (χ0v) is 17.7. The fraction of sp³-hybridized carbons (Fsp3) is 0.444. The first-order valence-corrected chi connectivity index (χ1v) is 9.59. The zero-order valence-electron chi connectivity index (χ0n) is 16.1. The lowest BCUT2D eigenvalue weighted by molar-refractivity contribution is -0.189. The molecule has 1 aliphatic rings. The van der Waals surface area contributed by atoms with Crippen molar-refractivity contribution in [3.8, 4) is 5.75 Å². The van der Waals surface area contributed by atoms with Gasteiger partial charge in [-0.15, -0.1) is 4.91 Å². The molecule has 1 heterocycles. The van der Waals surface area contributed by atoms with E-state index in [1.54, 1.807) is 13.0 Å². The van der Waals surface area contributed by atoms with Gasteiger partial charge in [-0.1, -0.05) is 15.9 Å². The topological polar surface area (TPSA) is 110 Å². The van der Waals surface area contributed by atoms with E-state index in [0.717, 1.165) is 6.08 Å². The van der Waals surface area contributed by atoms with Crippen LogP contribution in [-0.2, 0) is 23.8 Å². The number of aryl methyl sites for hydroxylation is 1. The lowest BCUT2D eigenvalue weighted by Crippen LogP contribution is -2.41. The van der Waals surface area contributed by atoms with Gasteiger partial charge in [-0.2, -0.15) is 13.2 Å². The van der Waals surface area contributed by atoms with Gasteiger partial charge in [-0.05, 0) is 43.5 Å². The van der Waals surface area contributed by atoms with E-state index in [0.29, 0.717) is 22.9 Å². The van der Waals surface area contributed by atoms with Crippen molar-refractivity contribution in [3.63, 3.8) is 0 Å². The molecule has 9 nitrogen and oxygen atoms in total. The van der Waals surface area contributed by atoms with Gasteiger partial charge in [0.25, 0.3) is 0 Å². The number of alkyl halides is 3. The van der Waals surface area contributed by atoms with E-state index in [9.17, 15) is 27.7 Å². The molecule has 0 N–H and O–H groups in total. The second kappa shape index (κ2) is 11.0. The predicted octanol–water partition coefficient (Wildman–Crippen LogP) is 4.60. The average molecular weight is 512 g/mol. The third-order valence-electron chi connectivity index (χ3n) is 3.90. The number of esters is 1. The number of ether oxygens (including phenoxy) is 4. The fourth-order valence-electron chi connectivity index (χ4n) is 2.58. The maximum absolute atomic E-state index is 13.4. The molecule has 13 heteroatoms. The molecule has 1 atom stereocenters. The molecule has 0 bridgehead atoms. The van der Waals surface area contributed by atoms with Gasteiger partial charge in [0, 0.05) is 10.0 Å². The van der Waals surface area contributed by atoms with Gasteiger partial charge in [0.05, 0.1) is 12.2 Å². The second-order valence-corrected chi connectivity index (χ2v) is 7.10. The van der Waals surface area contributed by atoms with Gasteiger partial charge in [-0.25, -0.2) is 9.59 Å². The smallest absolute Gasteiger partial charge is 0.475 e. The third kappa shape index (κ3) is 7.12. The molecule has 0 spiro atoms. The summed E-state index contributed by atoms with van der Waals surface area (Å²) in [5.41, 5.74) is -0.0889. The summed E-state index contributed by atoms with van der Waals surface area (Å²) in [6.07, 6.45) is -6.86. The van der Waals surface area contributed by atoms with Crippen LogP contribution < -0.4 is 4.74 Å². The highest BCUT2D eigenvalue weighted by atomic mass is 79.9. The number of benzene rings is 1. The summed E-state index contributed by atoms with van der Waals surface area (Å²) in [5.74, 6) is -1.37. The van der Waals surface area contributed by atoms with Crippen molar-refractivity contribution < 1.29 is 46.5 Å². The summed E-state index contributed by atoms with van der Waals surface area (Å²) < 4.78 is 59.7. The first-order chi connectivity index (χ1) is 14.6. The molecule has 0 radical (unpaired) electrons. The minimum atomic E-state index is -4.88. The van der Waals surface area contributed by atoms with Crippen LogP contribution in [0.2, 0.25) is 0 Å². The first kappa shape index (κ1) is 24.4. The van der Waals surface area contributed by atoms with Crippen molar-refractivity contribution in [2.24, 2.45) is 5.34 Å². The van der Waals surface area contributed by atoms with Crippen LogP contribution in [0.5, 0.6) is 5.75 Å². The Bertz CT molecular complexity index is 859. The molecule has 0 fully saturated rings. The lowest BCUT2D eigenvalue weighted by atomic mass is 9.99. The molecule has 0 unspecified atom stereocenters. The van der Waals surface area contributed by atoms with Gasteiger partial charge in [0.2, 0.25) is 12.9 Å². The minimum Gasteiger partial charge on any atom is -0.475 e. The number of fused-ring (bicyclic) bond motifs is 1. The van der Waals surface area contributed by atoms with E-state index >= 15 is 0 Å². The molecule has 0 saturated heterocycles. The third-order valence-corrected chi connectivity index (χ3v) is 4.36. The molecule has 0 amide bonds. The Morgan fingerprint density at radius 1 is 1.16 bits per heavy atom. The fourth-order valence-corrected chi connectivity index (χ4v) is 3.17. The normalized spacial score (nSPS) is 15.1. The molecule has 170 valence electrons. The van der Waals surface area contributed by atoms with E-state index < -0.39 is 36.8 Å². The van der Waals surface area contributed by atoms with Crippen molar-refractivity contribution in [2.45, 2.75) is 32.0 Å². The molecule has 31 heavy (non-hydrogen) atoms. The van der Waals surface area contributed by atoms with Gasteiger partial charge in [0.1, 0.15) is 12.4 Å². The predicted molar refractivity (Wildman–Crippen MR) is 102 cm³/mol. The largest absolute Gasteiger partial charge is 0.511 e. The quantitative estimate of drug-likeness (QED) is 0.155. The first-order valence-electron chi connectivity index (χ1n) is 8.80. The van der Waals surface area contributed by atoms with Crippen LogP contribution in [0.4, 0.5) is 18.0 Å². The Morgan fingerprint density at radius 3 is 2.55 bits per heavy atom. The molecule has 0 aromatic heterocycles. The van der Waals surface area contributed by atoms with Crippen LogP contribution in [0, 0.1) is 11.8 Å².